The van der Waals surface area contributed by atoms with Crippen LogP contribution in [0.5, 0.6) is 0 Å². The number of aliphatic imine (C=N–C) groups is 1. The van der Waals surface area contributed by atoms with Crippen LogP contribution in [0, 0.1) is 6.92 Å². The normalized spacial score (nSPS) is 13.0. The molecular weight excluding hydrogens is 274 g/mol. The molecule has 4 rings (SSSR count). The minimum absolute atomic E-state index is 0.392. The summed E-state index contributed by atoms with van der Waals surface area (Å²) in [5.41, 5.74) is 11.3. The summed E-state index contributed by atoms with van der Waals surface area (Å²) in [5.74, 6) is 1.15. The predicted molar refractivity (Wildman–Crippen MR) is 86.3 cm³/mol. The Balaban J connectivity index is 2.01. The molecule has 2 aromatic carbocycles. The van der Waals surface area contributed by atoms with Crippen molar-refractivity contribution >= 4 is 11.7 Å². The number of fused-ring (bicyclic) bond motifs is 3. The number of hydrogen-bond donors (Lipinski definition) is 1. The van der Waals surface area contributed by atoms with E-state index >= 15 is 0 Å². The smallest absolute Gasteiger partial charge is 0.226 e. The molecule has 1 aromatic heterocycles. The van der Waals surface area contributed by atoms with Crippen molar-refractivity contribution in [1.29, 1.82) is 0 Å². The first-order valence-corrected chi connectivity index (χ1v) is 7.15. The van der Waals surface area contributed by atoms with Gasteiger partial charge in [0.1, 0.15) is 6.54 Å². The molecule has 2 N–H and O–H groups in total. The first-order valence-electron chi connectivity index (χ1n) is 7.15. The second-order valence-electron chi connectivity index (χ2n) is 5.31. The molecule has 22 heavy (non-hydrogen) atoms. The molecule has 2 heterocycles. The van der Waals surface area contributed by atoms with Crippen LogP contribution in [0.1, 0.15) is 22.5 Å². The van der Waals surface area contributed by atoms with E-state index in [9.17, 15) is 0 Å². The average molecular weight is 289 g/mol. The lowest BCUT2D eigenvalue weighted by Crippen LogP contribution is -2.09. The maximum Gasteiger partial charge on any atom is 0.226 e. The summed E-state index contributed by atoms with van der Waals surface area (Å²) in [5, 5.41) is 8.12. The Kier molecular flexibility index (Phi) is 2.79. The Morgan fingerprint density at radius 1 is 0.955 bits per heavy atom. The van der Waals surface area contributed by atoms with E-state index in [1.165, 1.54) is 5.56 Å². The number of nitrogen functional groups attached to an aromatic ring is 1. The van der Waals surface area contributed by atoms with Crippen molar-refractivity contribution in [3.63, 3.8) is 0 Å². The van der Waals surface area contributed by atoms with E-state index in [0.29, 0.717) is 12.5 Å². The van der Waals surface area contributed by atoms with Gasteiger partial charge >= 0.3 is 0 Å². The molecule has 0 unspecified atom stereocenters. The van der Waals surface area contributed by atoms with E-state index < -0.39 is 0 Å². The van der Waals surface area contributed by atoms with E-state index in [1.807, 2.05) is 34.9 Å². The van der Waals surface area contributed by atoms with Crippen LogP contribution in [0.4, 0.5) is 5.95 Å². The summed E-state index contributed by atoms with van der Waals surface area (Å²) >= 11 is 0. The van der Waals surface area contributed by atoms with Crippen molar-refractivity contribution in [2.24, 2.45) is 4.99 Å². The van der Waals surface area contributed by atoms with Crippen LogP contribution in [0.2, 0.25) is 0 Å². The van der Waals surface area contributed by atoms with Gasteiger partial charge in [-0.05, 0) is 18.6 Å². The van der Waals surface area contributed by atoms with Gasteiger partial charge in [0.15, 0.2) is 5.82 Å². The zero-order chi connectivity index (χ0) is 15.1. The number of hydrogen-bond acceptors (Lipinski definition) is 4. The SMILES string of the molecule is Cc1ccccc1C1=NCc2nnc(N)n2-c2ccccc21. The molecule has 0 spiro atoms. The van der Waals surface area contributed by atoms with E-state index in [1.54, 1.807) is 0 Å². The first-order chi connectivity index (χ1) is 10.8. The number of aromatic nitrogens is 3. The van der Waals surface area contributed by atoms with Gasteiger partial charge in [0.2, 0.25) is 5.95 Å². The maximum atomic E-state index is 6.00. The fourth-order valence-corrected chi connectivity index (χ4v) is 2.87. The topological polar surface area (TPSA) is 69.1 Å². The van der Waals surface area contributed by atoms with Crippen LogP contribution < -0.4 is 5.73 Å². The van der Waals surface area contributed by atoms with Gasteiger partial charge in [-0.1, -0.05) is 42.5 Å². The second-order valence-corrected chi connectivity index (χ2v) is 5.31. The van der Waals surface area contributed by atoms with Crippen LogP contribution >= 0.6 is 0 Å². The molecule has 0 saturated heterocycles. The minimum atomic E-state index is 0.392. The third kappa shape index (κ3) is 1.83. The highest BCUT2D eigenvalue weighted by Gasteiger charge is 2.21. The van der Waals surface area contributed by atoms with Crippen molar-refractivity contribution in [2.45, 2.75) is 13.5 Å². The van der Waals surface area contributed by atoms with E-state index in [2.05, 4.69) is 35.3 Å². The van der Waals surface area contributed by atoms with Gasteiger partial charge in [0, 0.05) is 11.1 Å². The van der Waals surface area contributed by atoms with E-state index in [0.717, 1.165) is 28.4 Å². The fourth-order valence-electron chi connectivity index (χ4n) is 2.87. The predicted octanol–water partition coefficient (Wildman–Crippen LogP) is 2.51. The quantitative estimate of drug-likeness (QED) is 0.748. The lowest BCUT2D eigenvalue weighted by Gasteiger charge is -2.13. The number of nitrogens with zero attached hydrogens (tertiary/aromatic N) is 4. The molecule has 0 bridgehead atoms. The molecule has 1 aliphatic rings. The van der Waals surface area contributed by atoms with Crippen LogP contribution in [0.3, 0.4) is 0 Å². The Bertz CT molecular complexity index is 892. The van der Waals surface area contributed by atoms with E-state index in [-0.39, 0.29) is 0 Å². The van der Waals surface area contributed by atoms with Crippen LogP contribution in [-0.4, -0.2) is 20.5 Å². The van der Waals surface area contributed by atoms with Crippen molar-refractivity contribution in [3.8, 4) is 5.69 Å². The maximum absolute atomic E-state index is 6.00. The molecule has 0 aliphatic carbocycles. The number of benzene rings is 2. The van der Waals surface area contributed by atoms with Crippen LogP contribution in [0.15, 0.2) is 53.5 Å². The molecule has 0 radical (unpaired) electrons. The first kappa shape index (κ1) is 12.8. The van der Waals surface area contributed by atoms with E-state index in [4.69, 9.17) is 10.7 Å². The zero-order valence-corrected chi connectivity index (χ0v) is 12.2. The average Bonchev–Trinajstić information content (AvgIpc) is 2.82. The largest absolute Gasteiger partial charge is 0.368 e. The standard InChI is InChI=1S/C17H15N5/c1-11-6-2-3-7-12(11)16-13-8-4-5-9-14(13)22-15(10-19-16)20-21-17(22)18/h2-9H,10H2,1H3,(H2,18,21). The van der Waals surface area contributed by atoms with Gasteiger partial charge < -0.3 is 5.73 Å². The highest BCUT2D eigenvalue weighted by molar-refractivity contribution is 6.16. The van der Waals surface area contributed by atoms with Crippen molar-refractivity contribution in [1.82, 2.24) is 14.8 Å². The lowest BCUT2D eigenvalue weighted by atomic mass is 9.97. The second kappa shape index (κ2) is 4.80. The van der Waals surface area contributed by atoms with Crippen molar-refractivity contribution in [2.75, 3.05) is 5.73 Å². The van der Waals surface area contributed by atoms with Gasteiger partial charge in [-0.2, -0.15) is 0 Å². The summed E-state index contributed by atoms with van der Waals surface area (Å²) in [4.78, 5) is 4.79. The molecule has 1 aliphatic heterocycles. The Labute approximate surface area is 128 Å². The molecular formula is C17H15N5. The van der Waals surface area contributed by atoms with Gasteiger partial charge in [0.25, 0.3) is 0 Å². The Morgan fingerprint density at radius 3 is 2.50 bits per heavy atom. The molecule has 108 valence electrons. The molecule has 3 aromatic rings. The lowest BCUT2D eigenvalue weighted by molar-refractivity contribution is 0.872. The Morgan fingerprint density at radius 2 is 1.68 bits per heavy atom. The third-order valence-corrected chi connectivity index (χ3v) is 3.93. The summed E-state index contributed by atoms with van der Waals surface area (Å²) in [7, 11) is 0. The van der Waals surface area contributed by atoms with Crippen LogP contribution in [0.25, 0.3) is 5.69 Å². The number of anilines is 1. The number of aryl methyl sites for hydroxylation is 1. The van der Waals surface area contributed by atoms with Crippen LogP contribution in [-0.2, 0) is 6.54 Å². The highest BCUT2D eigenvalue weighted by Crippen LogP contribution is 2.27. The third-order valence-electron chi connectivity index (χ3n) is 3.93. The summed E-state index contributed by atoms with van der Waals surface area (Å²) in [6.07, 6.45) is 0. The molecule has 0 atom stereocenters. The molecule has 0 saturated carbocycles. The minimum Gasteiger partial charge on any atom is -0.368 e. The van der Waals surface area contributed by atoms with Crippen molar-refractivity contribution in [3.05, 3.63) is 71.0 Å². The van der Waals surface area contributed by atoms with Gasteiger partial charge in [0.05, 0.1) is 11.4 Å². The molecule has 0 fully saturated rings. The van der Waals surface area contributed by atoms with Gasteiger partial charge in [-0.3, -0.25) is 9.56 Å². The molecule has 0 amide bonds. The highest BCUT2D eigenvalue weighted by atomic mass is 15.3. The van der Waals surface area contributed by atoms with Gasteiger partial charge in [-0.25, -0.2) is 0 Å². The number of rotatable bonds is 1. The number of para-hydroxylation sites is 1. The monoisotopic (exact) mass is 289 g/mol. The zero-order valence-electron chi connectivity index (χ0n) is 12.2. The Hall–Kier alpha value is -2.95. The summed E-state index contributed by atoms with van der Waals surface area (Å²) in [6.45, 7) is 2.56. The summed E-state index contributed by atoms with van der Waals surface area (Å²) in [6, 6.07) is 16.4. The van der Waals surface area contributed by atoms with Crippen molar-refractivity contribution < 1.29 is 0 Å². The fraction of sp³-hybridized carbons (Fsp3) is 0.118. The molecule has 5 nitrogen and oxygen atoms in total. The number of nitrogens with two attached hydrogens (primary N) is 1. The molecule has 5 heteroatoms. The summed E-state index contributed by atoms with van der Waals surface area (Å²) < 4.78 is 1.88. The van der Waals surface area contributed by atoms with Gasteiger partial charge in [-0.15, -0.1) is 10.2 Å².